The number of methoxy groups -OCH3 is 4. The van der Waals surface area contributed by atoms with Crippen LogP contribution in [0.15, 0.2) is 30.3 Å². The zero-order valence-corrected chi connectivity index (χ0v) is 16.8. The smallest absolute Gasteiger partial charge is 0.161 e. The molecule has 0 unspecified atom stereocenters. The number of aliphatic hydroxyl groups is 2. The summed E-state index contributed by atoms with van der Waals surface area (Å²) >= 11 is 0. The molecule has 6 nitrogen and oxygen atoms in total. The van der Waals surface area contributed by atoms with E-state index in [2.05, 4.69) is 0 Å². The zero-order valence-electron chi connectivity index (χ0n) is 16.8. The van der Waals surface area contributed by atoms with Gasteiger partial charge in [-0.3, -0.25) is 0 Å². The van der Waals surface area contributed by atoms with Crippen molar-refractivity contribution in [1.82, 2.24) is 0 Å². The molecule has 2 N–H and O–H groups in total. The maximum Gasteiger partial charge on any atom is 0.161 e. The number of rotatable bonds is 7. The Hall–Kier alpha value is -2.44. The minimum absolute atomic E-state index is 0.00278. The third-order valence-corrected chi connectivity index (χ3v) is 5.71. The van der Waals surface area contributed by atoms with Crippen molar-refractivity contribution >= 4 is 0 Å². The molecule has 0 saturated carbocycles. The van der Waals surface area contributed by atoms with E-state index in [-0.39, 0.29) is 31.0 Å². The summed E-state index contributed by atoms with van der Waals surface area (Å²) in [5.41, 5.74) is 3.14. The average Bonchev–Trinajstić information content (AvgIpc) is 2.75. The highest BCUT2D eigenvalue weighted by Gasteiger charge is 2.38. The fraction of sp³-hybridized carbons (Fsp3) is 0.455. The molecule has 0 radical (unpaired) electrons. The summed E-state index contributed by atoms with van der Waals surface area (Å²) in [6, 6.07) is 9.73. The van der Waals surface area contributed by atoms with E-state index in [9.17, 15) is 10.2 Å². The van der Waals surface area contributed by atoms with Gasteiger partial charge in [-0.25, -0.2) is 0 Å². The lowest BCUT2D eigenvalue weighted by atomic mass is 9.67. The summed E-state index contributed by atoms with van der Waals surface area (Å²) in [7, 11) is 6.42. The van der Waals surface area contributed by atoms with E-state index >= 15 is 0 Å². The van der Waals surface area contributed by atoms with Gasteiger partial charge in [-0.1, -0.05) is 6.07 Å². The van der Waals surface area contributed by atoms with Crippen molar-refractivity contribution in [2.45, 2.75) is 12.3 Å². The Morgan fingerprint density at radius 3 is 1.96 bits per heavy atom. The van der Waals surface area contributed by atoms with Gasteiger partial charge in [-0.05, 0) is 59.2 Å². The Balaban J connectivity index is 2.20. The van der Waals surface area contributed by atoms with Crippen molar-refractivity contribution in [3.63, 3.8) is 0 Å². The molecule has 0 aliphatic heterocycles. The summed E-state index contributed by atoms with van der Waals surface area (Å²) in [6.45, 7) is -0.0270. The van der Waals surface area contributed by atoms with Crippen LogP contribution >= 0.6 is 0 Å². The van der Waals surface area contributed by atoms with Gasteiger partial charge in [0.05, 0.1) is 28.4 Å². The molecule has 3 rings (SSSR count). The molecule has 2 aromatic rings. The summed E-state index contributed by atoms with van der Waals surface area (Å²) in [6.07, 6.45) is 0.668. The molecule has 1 aliphatic rings. The average molecular weight is 388 g/mol. The van der Waals surface area contributed by atoms with E-state index in [0.717, 1.165) is 16.7 Å². The number of benzene rings is 2. The first-order valence-corrected chi connectivity index (χ1v) is 9.30. The lowest BCUT2D eigenvalue weighted by Crippen LogP contribution is -2.35. The Morgan fingerprint density at radius 1 is 0.786 bits per heavy atom. The van der Waals surface area contributed by atoms with E-state index in [0.29, 0.717) is 29.4 Å². The van der Waals surface area contributed by atoms with Crippen molar-refractivity contribution in [3.05, 3.63) is 47.0 Å². The molecule has 0 saturated heterocycles. The third kappa shape index (κ3) is 3.50. The first-order valence-electron chi connectivity index (χ1n) is 9.30. The summed E-state index contributed by atoms with van der Waals surface area (Å²) < 4.78 is 21.8. The maximum atomic E-state index is 10.2. The molecular weight excluding hydrogens is 360 g/mol. The van der Waals surface area contributed by atoms with Crippen molar-refractivity contribution in [3.8, 4) is 23.0 Å². The molecular formula is C22H28O6. The minimum atomic E-state index is -0.131. The highest BCUT2D eigenvalue weighted by molar-refractivity contribution is 5.54. The second kappa shape index (κ2) is 8.71. The lowest BCUT2D eigenvalue weighted by Gasteiger charge is -2.39. The predicted molar refractivity (Wildman–Crippen MR) is 106 cm³/mol. The number of hydrogen-bond acceptors (Lipinski definition) is 6. The van der Waals surface area contributed by atoms with Gasteiger partial charge in [0.15, 0.2) is 23.0 Å². The molecule has 28 heavy (non-hydrogen) atoms. The molecule has 0 aromatic heterocycles. The molecule has 1 aliphatic carbocycles. The maximum absolute atomic E-state index is 10.2. The Bertz CT molecular complexity index is 819. The second-order valence-corrected chi connectivity index (χ2v) is 6.99. The quantitative estimate of drug-likeness (QED) is 0.759. The number of aliphatic hydroxyl groups excluding tert-OH is 2. The van der Waals surface area contributed by atoms with Gasteiger partial charge in [0.1, 0.15) is 0 Å². The monoisotopic (exact) mass is 388 g/mol. The van der Waals surface area contributed by atoms with Gasteiger partial charge in [0, 0.05) is 19.1 Å². The Morgan fingerprint density at radius 2 is 1.39 bits per heavy atom. The van der Waals surface area contributed by atoms with E-state index in [4.69, 9.17) is 18.9 Å². The van der Waals surface area contributed by atoms with E-state index in [1.165, 1.54) is 0 Å². The molecule has 0 spiro atoms. The van der Waals surface area contributed by atoms with Crippen molar-refractivity contribution in [2.75, 3.05) is 41.7 Å². The fourth-order valence-corrected chi connectivity index (χ4v) is 4.27. The number of ether oxygens (including phenoxy) is 4. The first kappa shape index (κ1) is 20.3. The van der Waals surface area contributed by atoms with Gasteiger partial charge in [-0.2, -0.15) is 0 Å². The second-order valence-electron chi connectivity index (χ2n) is 6.99. The van der Waals surface area contributed by atoms with Crippen LogP contribution in [-0.2, 0) is 6.42 Å². The van der Waals surface area contributed by atoms with E-state index < -0.39 is 0 Å². The summed E-state index contributed by atoms with van der Waals surface area (Å²) in [4.78, 5) is 0. The number of fused-ring (bicyclic) bond motifs is 1. The molecule has 2 aromatic carbocycles. The van der Waals surface area contributed by atoms with Gasteiger partial charge in [-0.15, -0.1) is 0 Å². The normalized spacial score (nSPS) is 21.0. The number of hydrogen-bond donors (Lipinski definition) is 2. The molecule has 0 amide bonds. The molecule has 0 heterocycles. The van der Waals surface area contributed by atoms with Gasteiger partial charge in [0.2, 0.25) is 0 Å². The van der Waals surface area contributed by atoms with Gasteiger partial charge >= 0.3 is 0 Å². The highest BCUT2D eigenvalue weighted by atomic mass is 16.5. The zero-order chi connectivity index (χ0) is 20.3. The largest absolute Gasteiger partial charge is 0.493 e. The van der Waals surface area contributed by atoms with Crippen LogP contribution in [0.1, 0.15) is 22.6 Å². The van der Waals surface area contributed by atoms with Crippen LogP contribution in [0.5, 0.6) is 23.0 Å². The molecule has 0 bridgehead atoms. The van der Waals surface area contributed by atoms with Crippen molar-refractivity contribution in [1.29, 1.82) is 0 Å². The highest BCUT2D eigenvalue weighted by Crippen LogP contribution is 2.48. The van der Waals surface area contributed by atoms with Crippen LogP contribution in [-0.4, -0.2) is 51.9 Å². The Labute approximate surface area is 165 Å². The SMILES string of the molecule is COc1ccc([C@@H]2c3cc(OC)c(OC)cc3C[C@H](CO)[C@H]2CO)cc1OC. The minimum Gasteiger partial charge on any atom is -0.493 e. The first-order chi connectivity index (χ1) is 13.6. The van der Waals surface area contributed by atoms with Crippen LogP contribution in [0.25, 0.3) is 0 Å². The van der Waals surface area contributed by atoms with Crippen LogP contribution in [0.4, 0.5) is 0 Å². The van der Waals surface area contributed by atoms with Crippen LogP contribution in [0, 0.1) is 11.8 Å². The lowest BCUT2D eigenvalue weighted by molar-refractivity contribution is 0.101. The van der Waals surface area contributed by atoms with E-state index in [1.807, 2.05) is 30.3 Å². The molecule has 3 atom stereocenters. The summed E-state index contributed by atoms with van der Waals surface area (Å²) in [5.74, 6) is 2.27. The third-order valence-electron chi connectivity index (χ3n) is 5.71. The van der Waals surface area contributed by atoms with Crippen molar-refractivity contribution < 1.29 is 29.2 Å². The van der Waals surface area contributed by atoms with E-state index in [1.54, 1.807) is 28.4 Å². The Kier molecular flexibility index (Phi) is 6.31. The van der Waals surface area contributed by atoms with Crippen LogP contribution in [0.3, 0.4) is 0 Å². The molecule has 0 fully saturated rings. The fourth-order valence-electron chi connectivity index (χ4n) is 4.27. The van der Waals surface area contributed by atoms with Crippen LogP contribution in [0.2, 0.25) is 0 Å². The van der Waals surface area contributed by atoms with Gasteiger partial charge < -0.3 is 29.2 Å². The van der Waals surface area contributed by atoms with Gasteiger partial charge in [0.25, 0.3) is 0 Å². The van der Waals surface area contributed by atoms with Crippen LogP contribution < -0.4 is 18.9 Å². The molecule has 6 heteroatoms. The topological polar surface area (TPSA) is 77.4 Å². The molecule has 152 valence electrons. The van der Waals surface area contributed by atoms with Crippen molar-refractivity contribution in [2.24, 2.45) is 11.8 Å². The summed E-state index contributed by atoms with van der Waals surface area (Å²) in [5, 5.41) is 20.2. The predicted octanol–water partition coefficient (Wildman–Crippen LogP) is 2.63. The standard InChI is InChI=1S/C22H28O6/c1-25-18-6-5-13(8-19(18)26-2)22-16-10-21(28-4)20(27-3)9-14(16)7-15(11-23)17(22)12-24/h5-6,8-10,15,17,22-24H,7,11-12H2,1-4H3/t15-,17-,22-/m1/s1.